The third-order valence-corrected chi connectivity index (χ3v) is 7.24. The third-order valence-electron chi connectivity index (χ3n) is 6.33. The first kappa shape index (κ1) is 22.3. The Morgan fingerprint density at radius 2 is 1.82 bits per heavy atom. The minimum Gasteiger partial charge on any atom is -0.487 e. The molecule has 0 spiro atoms. The van der Waals surface area contributed by atoms with Gasteiger partial charge in [-0.3, -0.25) is 15.1 Å². The molecule has 0 fully saturated rings. The number of rotatable bonds is 6. The summed E-state index contributed by atoms with van der Waals surface area (Å²) in [6, 6.07) is 21.1. The van der Waals surface area contributed by atoms with Crippen molar-refractivity contribution in [2.24, 2.45) is 0 Å². The summed E-state index contributed by atoms with van der Waals surface area (Å²) in [5.41, 5.74) is 6.66. The van der Waals surface area contributed by atoms with Gasteiger partial charge in [0.2, 0.25) is 0 Å². The van der Waals surface area contributed by atoms with Gasteiger partial charge in [-0.2, -0.15) is 9.49 Å². The minimum absolute atomic E-state index is 0.219. The quantitative estimate of drug-likeness (QED) is 0.247. The molecule has 7 rings (SSSR count). The van der Waals surface area contributed by atoms with Gasteiger partial charge in [-0.25, -0.2) is 4.98 Å². The first-order valence-corrected chi connectivity index (χ1v) is 12.7. The number of H-pyrrole nitrogens is 2. The van der Waals surface area contributed by atoms with Crippen molar-refractivity contribution in [3.8, 4) is 38.8 Å². The fourth-order valence-corrected chi connectivity index (χ4v) is 5.26. The number of benzene rings is 1. The maximum atomic E-state index is 13.7. The number of nitrogens with zero attached hydrogens (tertiary/aromatic N) is 4. The Morgan fingerprint density at radius 3 is 2.68 bits per heavy atom. The summed E-state index contributed by atoms with van der Waals surface area (Å²) in [6.45, 7) is 0.457. The van der Waals surface area contributed by atoms with Crippen LogP contribution in [0.1, 0.15) is 5.56 Å². The summed E-state index contributed by atoms with van der Waals surface area (Å²) in [7, 11) is 0. The summed E-state index contributed by atoms with van der Waals surface area (Å²) >= 11 is 1.11. The fraction of sp³-hybridized carbons (Fsp3) is 0.0345. The van der Waals surface area contributed by atoms with Gasteiger partial charge < -0.3 is 9.72 Å². The van der Waals surface area contributed by atoms with E-state index in [0.29, 0.717) is 18.0 Å². The zero-order valence-corrected chi connectivity index (χ0v) is 20.7. The van der Waals surface area contributed by atoms with Crippen molar-refractivity contribution in [2.75, 3.05) is 0 Å². The SMILES string of the molecule is Fc1ccc(-c2ccnc3[nH]c(-c4n[nH]c5cnc(-c6cncc(OCc7ccccc7)c6)cc45)cc23)s1. The molecule has 6 aromatic heterocycles. The average molecular weight is 519 g/mol. The van der Waals surface area contributed by atoms with Crippen molar-refractivity contribution < 1.29 is 9.13 Å². The van der Waals surface area contributed by atoms with E-state index in [0.717, 1.165) is 66.3 Å². The van der Waals surface area contributed by atoms with Crippen LogP contribution in [0.15, 0.2) is 91.5 Å². The van der Waals surface area contributed by atoms with Crippen molar-refractivity contribution in [1.29, 1.82) is 0 Å². The van der Waals surface area contributed by atoms with E-state index in [1.807, 2.05) is 54.6 Å². The van der Waals surface area contributed by atoms with Crippen LogP contribution < -0.4 is 4.74 Å². The summed E-state index contributed by atoms with van der Waals surface area (Å²) in [5, 5.41) is 9.22. The number of thiophene rings is 1. The largest absolute Gasteiger partial charge is 0.487 e. The van der Waals surface area contributed by atoms with Crippen LogP contribution in [0.25, 0.3) is 55.0 Å². The molecule has 0 unspecified atom stereocenters. The molecule has 7 nitrogen and oxygen atoms in total. The molecule has 9 heteroatoms. The second-order valence-electron chi connectivity index (χ2n) is 8.78. The Morgan fingerprint density at radius 1 is 0.895 bits per heavy atom. The maximum absolute atomic E-state index is 13.7. The number of hydrogen-bond donors (Lipinski definition) is 2. The molecule has 6 heterocycles. The van der Waals surface area contributed by atoms with Crippen LogP contribution in [0.2, 0.25) is 0 Å². The van der Waals surface area contributed by atoms with E-state index in [1.54, 1.807) is 30.9 Å². The first-order valence-electron chi connectivity index (χ1n) is 11.9. The van der Waals surface area contributed by atoms with Gasteiger partial charge in [0.05, 0.1) is 29.3 Å². The van der Waals surface area contributed by atoms with Crippen LogP contribution in [0.4, 0.5) is 4.39 Å². The zero-order valence-electron chi connectivity index (χ0n) is 19.9. The van der Waals surface area contributed by atoms with Crippen LogP contribution >= 0.6 is 11.3 Å². The molecular formula is C29H19FN6OS. The normalized spacial score (nSPS) is 11.4. The van der Waals surface area contributed by atoms with Gasteiger partial charge in [0.1, 0.15) is 23.7 Å². The summed E-state index contributed by atoms with van der Waals surface area (Å²) < 4.78 is 19.7. The molecule has 0 amide bonds. The molecule has 0 aliphatic carbocycles. The molecule has 0 atom stereocenters. The molecule has 1 aromatic carbocycles. The van der Waals surface area contributed by atoms with Crippen LogP contribution in [0.3, 0.4) is 0 Å². The first-order chi connectivity index (χ1) is 18.7. The van der Waals surface area contributed by atoms with Gasteiger partial charge in [-0.15, -0.1) is 11.3 Å². The highest BCUT2D eigenvalue weighted by molar-refractivity contribution is 7.14. The Labute approximate surface area is 220 Å². The van der Waals surface area contributed by atoms with E-state index in [1.165, 1.54) is 6.07 Å². The number of fused-ring (bicyclic) bond motifs is 2. The van der Waals surface area contributed by atoms with E-state index in [9.17, 15) is 4.39 Å². The van der Waals surface area contributed by atoms with Crippen molar-refractivity contribution in [3.63, 3.8) is 0 Å². The Hall–Kier alpha value is -4.89. The van der Waals surface area contributed by atoms with Gasteiger partial charge in [0, 0.05) is 39.2 Å². The van der Waals surface area contributed by atoms with Gasteiger partial charge in [-0.1, -0.05) is 30.3 Å². The van der Waals surface area contributed by atoms with Crippen molar-refractivity contribution in [3.05, 3.63) is 102 Å². The summed E-state index contributed by atoms with van der Waals surface area (Å²) in [6.07, 6.45) is 6.95. The summed E-state index contributed by atoms with van der Waals surface area (Å²) in [5.74, 6) is 0.667. The molecule has 38 heavy (non-hydrogen) atoms. The topological polar surface area (TPSA) is 92.4 Å². The lowest BCUT2D eigenvalue weighted by Gasteiger charge is -2.08. The van der Waals surface area contributed by atoms with E-state index >= 15 is 0 Å². The predicted molar refractivity (Wildman–Crippen MR) is 146 cm³/mol. The number of aromatic nitrogens is 6. The second-order valence-corrected chi connectivity index (χ2v) is 9.81. The number of pyridine rings is 3. The molecule has 0 aliphatic rings. The van der Waals surface area contributed by atoms with E-state index in [-0.39, 0.29) is 5.13 Å². The molecule has 0 aliphatic heterocycles. The molecule has 0 saturated heterocycles. The molecular weight excluding hydrogens is 499 g/mol. The van der Waals surface area contributed by atoms with E-state index in [2.05, 4.69) is 30.1 Å². The zero-order chi connectivity index (χ0) is 25.5. The summed E-state index contributed by atoms with van der Waals surface area (Å²) in [4.78, 5) is 17.7. The fourth-order valence-electron chi connectivity index (χ4n) is 4.49. The Kier molecular flexibility index (Phi) is 5.41. The Balaban J connectivity index is 1.24. The van der Waals surface area contributed by atoms with Crippen LogP contribution in [-0.4, -0.2) is 30.1 Å². The van der Waals surface area contributed by atoms with Crippen LogP contribution in [0, 0.1) is 5.13 Å². The van der Waals surface area contributed by atoms with Crippen LogP contribution in [-0.2, 0) is 6.61 Å². The lowest BCUT2D eigenvalue weighted by atomic mass is 10.1. The van der Waals surface area contributed by atoms with Crippen molar-refractivity contribution >= 4 is 33.3 Å². The molecule has 0 bridgehead atoms. The minimum atomic E-state index is -0.219. The Bertz CT molecular complexity index is 1910. The third kappa shape index (κ3) is 4.08. The molecule has 0 radical (unpaired) electrons. The lowest BCUT2D eigenvalue weighted by molar-refractivity contribution is 0.305. The smallest absolute Gasteiger partial charge is 0.176 e. The highest BCUT2D eigenvalue weighted by Crippen LogP contribution is 2.36. The van der Waals surface area contributed by atoms with Crippen LogP contribution in [0.5, 0.6) is 5.75 Å². The number of ether oxygens (including phenoxy) is 1. The van der Waals surface area contributed by atoms with Crippen molar-refractivity contribution in [1.82, 2.24) is 30.1 Å². The van der Waals surface area contributed by atoms with Gasteiger partial charge in [0.15, 0.2) is 5.13 Å². The molecule has 2 N–H and O–H groups in total. The lowest BCUT2D eigenvalue weighted by Crippen LogP contribution is -1.96. The van der Waals surface area contributed by atoms with E-state index < -0.39 is 0 Å². The van der Waals surface area contributed by atoms with Gasteiger partial charge >= 0.3 is 0 Å². The highest BCUT2D eigenvalue weighted by atomic mass is 32.1. The second kappa shape index (κ2) is 9.20. The maximum Gasteiger partial charge on any atom is 0.176 e. The van der Waals surface area contributed by atoms with Crippen molar-refractivity contribution in [2.45, 2.75) is 6.61 Å². The van der Waals surface area contributed by atoms with Gasteiger partial charge in [-0.05, 0) is 42.0 Å². The molecule has 7 aromatic rings. The standard InChI is InChI=1S/C29H19FN6OS/c30-27-7-6-26(38-27)20-8-9-32-29-21(20)11-24(34-29)28-22-12-23(33-15-25(22)35-36-28)18-10-19(14-31-13-18)37-16-17-4-2-1-3-5-17/h1-15H,16H2,(H,32,34)(H,35,36). The van der Waals surface area contributed by atoms with E-state index in [4.69, 9.17) is 4.74 Å². The average Bonchev–Trinajstić information content (AvgIpc) is 3.70. The number of hydrogen-bond acceptors (Lipinski definition) is 6. The monoisotopic (exact) mass is 518 g/mol. The molecule has 184 valence electrons. The number of nitrogens with one attached hydrogen (secondary N) is 2. The highest BCUT2D eigenvalue weighted by Gasteiger charge is 2.16. The predicted octanol–water partition coefficient (Wildman–Crippen LogP) is 7.01. The number of aromatic amines is 2. The van der Waals surface area contributed by atoms with Gasteiger partial charge in [0.25, 0.3) is 0 Å². The number of halogens is 1. The molecule has 0 saturated carbocycles.